The number of rotatable bonds is 8. The summed E-state index contributed by atoms with van der Waals surface area (Å²) in [4.78, 5) is 19.6. The molecule has 5 nitrogen and oxygen atoms in total. The Balaban J connectivity index is 1.68. The van der Waals surface area contributed by atoms with E-state index in [0.29, 0.717) is 6.54 Å². The van der Waals surface area contributed by atoms with Crippen molar-refractivity contribution in [3.05, 3.63) is 70.7 Å². The Morgan fingerprint density at radius 2 is 2.12 bits per heavy atom. The Bertz CT molecular complexity index is 818. The molecule has 0 aliphatic heterocycles. The number of thioether (sulfide) groups is 1. The molecule has 1 N–H and O–H groups in total. The quantitative estimate of drug-likeness (QED) is 0.602. The first-order valence-corrected chi connectivity index (χ1v) is 10.1. The van der Waals surface area contributed by atoms with Gasteiger partial charge in [-0.1, -0.05) is 48.2 Å². The molecule has 0 aliphatic carbocycles. The number of carbonyl (C=O) groups is 1. The van der Waals surface area contributed by atoms with Gasteiger partial charge in [-0.25, -0.2) is 4.98 Å². The van der Waals surface area contributed by atoms with E-state index in [2.05, 4.69) is 4.98 Å². The van der Waals surface area contributed by atoms with Crippen LogP contribution in [0.4, 0.5) is 0 Å². The Hall–Kier alpha value is -2.09. The highest BCUT2D eigenvalue weighted by Crippen LogP contribution is 2.22. The van der Waals surface area contributed by atoms with E-state index in [1.807, 2.05) is 65.7 Å². The van der Waals surface area contributed by atoms with E-state index in [-0.39, 0.29) is 18.2 Å². The maximum absolute atomic E-state index is 12.8. The van der Waals surface area contributed by atoms with Crippen LogP contribution in [0.2, 0.25) is 0 Å². The van der Waals surface area contributed by atoms with Crippen molar-refractivity contribution in [3.63, 3.8) is 0 Å². The van der Waals surface area contributed by atoms with Crippen molar-refractivity contribution in [2.75, 3.05) is 12.3 Å². The lowest BCUT2D eigenvalue weighted by Gasteiger charge is -2.25. The number of aromatic nitrogens is 2. The number of aliphatic hydroxyl groups excluding tert-OH is 1. The largest absolute Gasteiger partial charge is 0.386 e. The van der Waals surface area contributed by atoms with Crippen LogP contribution in [0.25, 0.3) is 0 Å². The molecule has 0 unspecified atom stereocenters. The molecule has 26 heavy (non-hydrogen) atoms. The third-order valence-corrected chi connectivity index (χ3v) is 5.95. The number of hydrogen-bond acceptors (Lipinski definition) is 5. The molecular weight excluding hydrogens is 366 g/mol. The zero-order valence-corrected chi connectivity index (χ0v) is 16.1. The molecule has 0 spiro atoms. The van der Waals surface area contributed by atoms with Gasteiger partial charge in [0.25, 0.3) is 0 Å². The van der Waals surface area contributed by atoms with Gasteiger partial charge in [-0.05, 0) is 17.0 Å². The van der Waals surface area contributed by atoms with Gasteiger partial charge in [0, 0.05) is 30.9 Å². The van der Waals surface area contributed by atoms with Gasteiger partial charge in [0.1, 0.15) is 6.10 Å². The zero-order valence-electron chi connectivity index (χ0n) is 14.5. The van der Waals surface area contributed by atoms with E-state index in [1.165, 1.54) is 23.1 Å². The molecule has 0 radical (unpaired) electrons. The molecule has 1 aromatic carbocycles. The fourth-order valence-electron chi connectivity index (χ4n) is 2.55. The van der Waals surface area contributed by atoms with Crippen molar-refractivity contribution >= 4 is 29.0 Å². The van der Waals surface area contributed by atoms with Gasteiger partial charge in [0.05, 0.1) is 12.3 Å². The number of imidazole rings is 1. The summed E-state index contributed by atoms with van der Waals surface area (Å²) < 4.78 is 1.89. The number of aliphatic hydroxyl groups is 1. The summed E-state index contributed by atoms with van der Waals surface area (Å²) in [5, 5.41) is 13.2. The summed E-state index contributed by atoms with van der Waals surface area (Å²) in [7, 11) is 1.90. The maximum Gasteiger partial charge on any atom is 0.233 e. The van der Waals surface area contributed by atoms with E-state index in [1.54, 1.807) is 11.1 Å². The number of hydrogen-bond donors (Lipinski definition) is 1. The molecule has 0 saturated heterocycles. The molecule has 1 atom stereocenters. The molecule has 3 rings (SSSR count). The molecule has 7 heteroatoms. The molecule has 0 saturated carbocycles. The highest BCUT2D eigenvalue weighted by molar-refractivity contribution is 7.99. The topological polar surface area (TPSA) is 58.4 Å². The molecule has 3 aromatic rings. The minimum absolute atomic E-state index is 0.0162. The van der Waals surface area contributed by atoms with E-state index in [9.17, 15) is 9.90 Å². The zero-order chi connectivity index (χ0) is 18.4. The smallest absolute Gasteiger partial charge is 0.233 e. The van der Waals surface area contributed by atoms with Crippen LogP contribution in [0.1, 0.15) is 16.5 Å². The predicted molar refractivity (Wildman–Crippen MR) is 105 cm³/mol. The standard InChI is InChI=1S/C19H21N3O2S2/c1-21-10-9-20-19(21)26-14-18(24)22(12-15-6-3-2-4-7-15)13-16(23)17-8-5-11-25-17/h2-11,16,23H,12-14H2,1H3/t16-/m0/s1. The highest BCUT2D eigenvalue weighted by atomic mass is 32.2. The molecule has 0 aliphatic rings. The number of nitrogens with zero attached hydrogens (tertiary/aromatic N) is 3. The third kappa shape index (κ3) is 4.97. The molecule has 0 fully saturated rings. The lowest BCUT2D eigenvalue weighted by molar-refractivity contribution is -0.130. The van der Waals surface area contributed by atoms with Gasteiger partial charge in [-0.15, -0.1) is 11.3 Å². The number of thiophene rings is 1. The van der Waals surface area contributed by atoms with Crippen LogP contribution >= 0.6 is 23.1 Å². The van der Waals surface area contributed by atoms with Gasteiger partial charge in [-0.3, -0.25) is 4.79 Å². The van der Waals surface area contributed by atoms with Crippen molar-refractivity contribution in [3.8, 4) is 0 Å². The van der Waals surface area contributed by atoms with E-state index in [4.69, 9.17) is 0 Å². The van der Waals surface area contributed by atoms with E-state index < -0.39 is 6.10 Å². The van der Waals surface area contributed by atoms with Crippen molar-refractivity contribution < 1.29 is 9.90 Å². The minimum atomic E-state index is -0.680. The first kappa shape index (κ1) is 18.7. The second kappa shape index (κ2) is 9.02. The normalized spacial score (nSPS) is 12.1. The lowest BCUT2D eigenvalue weighted by Crippen LogP contribution is -2.35. The summed E-state index contributed by atoms with van der Waals surface area (Å²) >= 11 is 2.90. The van der Waals surface area contributed by atoms with Gasteiger partial charge in [0.2, 0.25) is 5.91 Å². The van der Waals surface area contributed by atoms with Gasteiger partial charge >= 0.3 is 0 Å². The number of aryl methyl sites for hydroxylation is 1. The Kier molecular flexibility index (Phi) is 6.49. The van der Waals surface area contributed by atoms with Gasteiger partial charge in [-0.2, -0.15) is 0 Å². The summed E-state index contributed by atoms with van der Waals surface area (Å²) in [6, 6.07) is 13.6. The number of benzene rings is 1. The third-order valence-electron chi connectivity index (χ3n) is 3.94. The molecule has 2 heterocycles. The van der Waals surface area contributed by atoms with Crippen molar-refractivity contribution in [1.82, 2.24) is 14.5 Å². The Labute approximate surface area is 161 Å². The summed E-state index contributed by atoms with van der Waals surface area (Å²) in [5.41, 5.74) is 1.04. The summed E-state index contributed by atoms with van der Waals surface area (Å²) in [6.07, 6.45) is 2.89. The number of carbonyl (C=O) groups excluding carboxylic acids is 1. The summed E-state index contributed by atoms with van der Waals surface area (Å²) in [5.74, 6) is 0.270. The second-order valence-electron chi connectivity index (χ2n) is 5.90. The lowest BCUT2D eigenvalue weighted by atomic mass is 10.2. The van der Waals surface area contributed by atoms with E-state index in [0.717, 1.165) is 15.6 Å². The molecular formula is C19H21N3O2S2. The minimum Gasteiger partial charge on any atom is -0.386 e. The molecule has 1 amide bonds. The molecule has 2 aromatic heterocycles. The predicted octanol–water partition coefficient (Wildman–Crippen LogP) is 3.34. The average molecular weight is 388 g/mol. The molecule has 0 bridgehead atoms. The average Bonchev–Trinajstić information content (AvgIpc) is 3.32. The van der Waals surface area contributed by atoms with Crippen LogP contribution in [-0.2, 0) is 18.4 Å². The Morgan fingerprint density at radius 3 is 2.77 bits per heavy atom. The van der Waals surface area contributed by atoms with Crippen LogP contribution in [-0.4, -0.2) is 37.8 Å². The van der Waals surface area contributed by atoms with Gasteiger partial charge < -0.3 is 14.6 Å². The highest BCUT2D eigenvalue weighted by Gasteiger charge is 2.20. The van der Waals surface area contributed by atoms with Crippen molar-refractivity contribution in [2.24, 2.45) is 7.05 Å². The first-order valence-electron chi connectivity index (χ1n) is 8.27. The fourth-order valence-corrected chi connectivity index (χ4v) is 4.08. The van der Waals surface area contributed by atoms with Crippen LogP contribution in [0.3, 0.4) is 0 Å². The van der Waals surface area contributed by atoms with Crippen molar-refractivity contribution in [2.45, 2.75) is 17.8 Å². The fraction of sp³-hybridized carbons (Fsp3) is 0.263. The van der Waals surface area contributed by atoms with Crippen LogP contribution in [0.5, 0.6) is 0 Å². The first-order chi connectivity index (χ1) is 12.6. The summed E-state index contributed by atoms with van der Waals surface area (Å²) in [6.45, 7) is 0.749. The monoisotopic (exact) mass is 387 g/mol. The van der Waals surface area contributed by atoms with Crippen LogP contribution in [0, 0.1) is 0 Å². The maximum atomic E-state index is 12.8. The molecule has 136 valence electrons. The van der Waals surface area contributed by atoms with Crippen LogP contribution in [0.15, 0.2) is 65.4 Å². The second-order valence-corrected chi connectivity index (χ2v) is 7.82. The van der Waals surface area contributed by atoms with Crippen LogP contribution < -0.4 is 0 Å². The SMILES string of the molecule is Cn1ccnc1SCC(=O)N(Cc1ccccc1)C[C@H](O)c1cccs1. The Morgan fingerprint density at radius 1 is 1.31 bits per heavy atom. The van der Waals surface area contributed by atoms with Gasteiger partial charge in [0.15, 0.2) is 5.16 Å². The van der Waals surface area contributed by atoms with Crippen molar-refractivity contribution in [1.29, 1.82) is 0 Å². The van der Waals surface area contributed by atoms with E-state index >= 15 is 0 Å². The number of amides is 1.